The van der Waals surface area contributed by atoms with E-state index in [9.17, 15) is 4.39 Å². The summed E-state index contributed by atoms with van der Waals surface area (Å²) in [7, 11) is 0. The number of ether oxygens (including phenoxy) is 1. The molecule has 1 heterocycles. The van der Waals surface area contributed by atoms with Crippen molar-refractivity contribution in [3.05, 3.63) is 35.4 Å². The maximum atomic E-state index is 13.7. The van der Waals surface area contributed by atoms with E-state index >= 15 is 0 Å². The Morgan fingerprint density at radius 2 is 2.26 bits per heavy atom. The lowest BCUT2D eigenvalue weighted by Gasteiger charge is -2.06. The second-order valence-electron chi connectivity index (χ2n) is 3.97. The Kier molecular flexibility index (Phi) is 4.40. The van der Waals surface area contributed by atoms with Crippen LogP contribution in [0, 0.1) is 5.82 Å². The van der Waals surface area contributed by atoms with Gasteiger partial charge in [-0.25, -0.2) is 4.39 Å². The number of benzene rings is 1. The Morgan fingerprint density at radius 3 is 2.95 bits per heavy atom. The minimum absolute atomic E-state index is 0.252. The molecule has 102 valence electrons. The van der Waals surface area contributed by atoms with E-state index in [2.05, 4.69) is 15.4 Å². The van der Waals surface area contributed by atoms with Gasteiger partial charge in [-0.2, -0.15) is 4.80 Å². The van der Waals surface area contributed by atoms with E-state index in [1.807, 2.05) is 6.92 Å². The van der Waals surface area contributed by atoms with Gasteiger partial charge in [-0.1, -0.05) is 6.07 Å². The van der Waals surface area contributed by atoms with Crippen molar-refractivity contribution in [2.75, 3.05) is 13.2 Å². The van der Waals surface area contributed by atoms with Crippen LogP contribution in [0.25, 0.3) is 0 Å². The van der Waals surface area contributed by atoms with E-state index in [0.29, 0.717) is 31.9 Å². The van der Waals surface area contributed by atoms with Crippen molar-refractivity contribution >= 4 is 0 Å². The lowest BCUT2D eigenvalue weighted by Crippen LogP contribution is -2.07. The second-order valence-corrected chi connectivity index (χ2v) is 3.97. The first kappa shape index (κ1) is 13.4. The van der Waals surface area contributed by atoms with Gasteiger partial charge in [0, 0.05) is 6.42 Å². The average molecular weight is 265 g/mol. The van der Waals surface area contributed by atoms with E-state index in [4.69, 9.17) is 10.5 Å². The number of aromatic nitrogens is 4. The molecule has 7 heteroatoms. The third-order valence-corrected chi connectivity index (χ3v) is 2.48. The van der Waals surface area contributed by atoms with Crippen molar-refractivity contribution in [1.82, 2.24) is 20.2 Å². The van der Waals surface area contributed by atoms with Crippen LogP contribution in [0.2, 0.25) is 0 Å². The fourth-order valence-electron chi connectivity index (χ4n) is 1.65. The molecule has 0 aliphatic rings. The van der Waals surface area contributed by atoms with Crippen LogP contribution >= 0.6 is 0 Å². The second kappa shape index (κ2) is 6.24. The van der Waals surface area contributed by atoms with Gasteiger partial charge >= 0.3 is 0 Å². The molecule has 0 saturated heterocycles. The zero-order valence-electron chi connectivity index (χ0n) is 10.7. The summed E-state index contributed by atoms with van der Waals surface area (Å²) in [5.41, 5.74) is 6.15. The summed E-state index contributed by atoms with van der Waals surface area (Å²) in [4.78, 5) is 1.42. The molecule has 0 saturated carbocycles. The Labute approximate surface area is 110 Å². The Hall–Kier alpha value is -2.02. The Morgan fingerprint density at radius 1 is 1.42 bits per heavy atom. The monoisotopic (exact) mass is 265 g/mol. The summed E-state index contributed by atoms with van der Waals surface area (Å²) in [6, 6.07) is 4.79. The van der Waals surface area contributed by atoms with Crippen molar-refractivity contribution < 1.29 is 9.13 Å². The van der Waals surface area contributed by atoms with Gasteiger partial charge in [0.2, 0.25) is 0 Å². The number of hydrogen-bond acceptors (Lipinski definition) is 5. The molecular formula is C12H16FN5O. The molecule has 1 aromatic heterocycles. The van der Waals surface area contributed by atoms with Gasteiger partial charge in [-0.3, -0.25) is 0 Å². The van der Waals surface area contributed by atoms with Crippen LogP contribution in [0.3, 0.4) is 0 Å². The zero-order chi connectivity index (χ0) is 13.7. The van der Waals surface area contributed by atoms with Crippen LogP contribution in [0.15, 0.2) is 18.2 Å². The maximum absolute atomic E-state index is 13.7. The number of tetrazole rings is 1. The molecule has 2 N–H and O–H groups in total. The first-order valence-corrected chi connectivity index (χ1v) is 6.11. The quantitative estimate of drug-likeness (QED) is 0.834. The Bertz CT molecular complexity index is 543. The molecule has 0 spiro atoms. The van der Waals surface area contributed by atoms with E-state index in [0.717, 1.165) is 5.56 Å². The van der Waals surface area contributed by atoms with Gasteiger partial charge in [-0.05, 0) is 36.4 Å². The molecule has 0 aliphatic carbocycles. The van der Waals surface area contributed by atoms with Crippen LogP contribution < -0.4 is 10.5 Å². The number of hydrogen-bond donors (Lipinski definition) is 1. The van der Waals surface area contributed by atoms with Gasteiger partial charge in [0.1, 0.15) is 0 Å². The minimum atomic E-state index is -0.387. The molecule has 2 rings (SSSR count). The SMILES string of the molecule is CCOc1ccc(Cn2nnc(CCN)n2)cc1F. The molecule has 1 aromatic carbocycles. The predicted molar refractivity (Wildman–Crippen MR) is 67.2 cm³/mol. The molecule has 6 nitrogen and oxygen atoms in total. The summed E-state index contributed by atoms with van der Waals surface area (Å²) in [6.45, 7) is 3.08. The molecule has 0 radical (unpaired) electrons. The fourth-order valence-corrected chi connectivity index (χ4v) is 1.65. The van der Waals surface area contributed by atoms with Gasteiger partial charge in [-0.15, -0.1) is 10.2 Å². The van der Waals surface area contributed by atoms with Gasteiger partial charge < -0.3 is 10.5 Å². The van der Waals surface area contributed by atoms with Gasteiger partial charge in [0.15, 0.2) is 17.4 Å². The highest BCUT2D eigenvalue weighted by molar-refractivity contribution is 5.29. The van der Waals surface area contributed by atoms with E-state index in [1.54, 1.807) is 12.1 Å². The molecule has 0 amide bonds. The summed E-state index contributed by atoms with van der Waals surface area (Å²) in [5, 5.41) is 11.9. The van der Waals surface area contributed by atoms with Gasteiger partial charge in [0.25, 0.3) is 0 Å². The number of nitrogens with zero attached hydrogens (tertiary/aromatic N) is 4. The van der Waals surface area contributed by atoms with Gasteiger partial charge in [0.05, 0.1) is 13.2 Å². The lowest BCUT2D eigenvalue weighted by molar-refractivity contribution is 0.321. The minimum Gasteiger partial charge on any atom is -0.491 e. The van der Waals surface area contributed by atoms with Crippen LogP contribution in [-0.4, -0.2) is 33.4 Å². The third kappa shape index (κ3) is 3.47. The van der Waals surface area contributed by atoms with Crippen molar-refractivity contribution in [2.45, 2.75) is 19.9 Å². The van der Waals surface area contributed by atoms with Crippen molar-refractivity contribution in [3.63, 3.8) is 0 Å². The summed E-state index contributed by atoms with van der Waals surface area (Å²) < 4.78 is 18.8. The van der Waals surface area contributed by atoms with E-state index in [1.165, 1.54) is 10.9 Å². The highest BCUT2D eigenvalue weighted by Crippen LogP contribution is 2.18. The number of nitrogens with two attached hydrogens (primary N) is 1. The van der Waals surface area contributed by atoms with Crippen LogP contribution in [0.5, 0.6) is 5.75 Å². The predicted octanol–water partition coefficient (Wildman–Crippen LogP) is 0.760. The summed E-state index contributed by atoms with van der Waals surface area (Å²) in [5.74, 6) is 0.456. The molecular weight excluding hydrogens is 249 g/mol. The third-order valence-electron chi connectivity index (χ3n) is 2.48. The summed E-state index contributed by atoms with van der Waals surface area (Å²) >= 11 is 0. The molecule has 19 heavy (non-hydrogen) atoms. The fraction of sp³-hybridized carbons (Fsp3) is 0.417. The van der Waals surface area contributed by atoms with Crippen LogP contribution in [0.4, 0.5) is 4.39 Å². The molecule has 2 aromatic rings. The first-order valence-electron chi connectivity index (χ1n) is 6.11. The topological polar surface area (TPSA) is 78.8 Å². The van der Waals surface area contributed by atoms with Crippen LogP contribution in [0.1, 0.15) is 18.3 Å². The number of halogens is 1. The average Bonchev–Trinajstić information content (AvgIpc) is 2.81. The molecule has 0 bridgehead atoms. The van der Waals surface area contributed by atoms with Crippen molar-refractivity contribution in [1.29, 1.82) is 0 Å². The zero-order valence-corrected chi connectivity index (χ0v) is 10.7. The number of rotatable bonds is 6. The summed E-state index contributed by atoms with van der Waals surface area (Å²) in [6.07, 6.45) is 0.581. The van der Waals surface area contributed by atoms with E-state index in [-0.39, 0.29) is 11.6 Å². The smallest absolute Gasteiger partial charge is 0.176 e. The standard InChI is InChI=1S/C12H16FN5O/c1-2-19-11-4-3-9(7-10(11)13)8-18-16-12(5-6-14)15-17-18/h3-4,7H,2,5-6,8,14H2,1H3. The van der Waals surface area contributed by atoms with Crippen LogP contribution in [-0.2, 0) is 13.0 Å². The molecule has 0 atom stereocenters. The maximum Gasteiger partial charge on any atom is 0.176 e. The molecule has 0 unspecified atom stereocenters. The highest BCUT2D eigenvalue weighted by atomic mass is 19.1. The highest BCUT2D eigenvalue weighted by Gasteiger charge is 2.07. The lowest BCUT2D eigenvalue weighted by atomic mass is 10.2. The Balaban J connectivity index is 2.07. The van der Waals surface area contributed by atoms with Crippen molar-refractivity contribution in [3.8, 4) is 5.75 Å². The largest absolute Gasteiger partial charge is 0.491 e. The molecule has 0 fully saturated rings. The normalized spacial score (nSPS) is 10.7. The first-order chi connectivity index (χ1) is 9.22. The van der Waals surface area contributed by atoms with Crippen molar-refractivity contribution in [2.24, 2.45) is 5.73 Å². The molecule has 0 aliphatic heterocycles. The van der Waals surface area contributed by atoms with E-state index < -0.39 is 0 Å².